The molecule has 0 N–H and O–H groups in total. The standard InChI is InChI=1S/C35H20Br2O.C27H18Cl2O.C25H22Br2S.C23H18Br2S.C23H12Cl2S/c36-28-19-26-31(24-16-8-7-15-23(24)28)33-27(20-29(37)32-25-17-9-10-18-30(25)38-34(32)33)35(26,21-11-3-1-4-12-21)22-13-5-2-6-14-22;28-20-13-18-23(16-8-2-1-7-15(16)20)25-19(27(18)11-5-6-12-27)14-21(29)24-17-9-3-4-10-22(17)30-26(24)25;1-13(2)25(14(3)4)18-11-15(26)9-10-16(18)22-19(25)12-20(27)23-17-7-5-6-8-21(17)28-24(22)23;1-3-23(4-2)16-11-13(24)9-10-14(16)20-17(23)12-18(25)22-21(20)15-7-5-6-8-19(15)26-22;24-17-10-12-9-13-11-18(25)22-16-7-3-4-8-19(16)26-23(22)21(13)20(12)15-6-2-1-5-14(15)17/h1-20H;1-4,7-10,13-14H,5-6,11-12H2;5-14H,1-4H3;5-12H,3-4H2,1-2H3;1-8,10-11H,9H2. The molecule has 5 aromatic heterocycles. The maximum absolute atomic E-state index is 6.93. The quantitative estimate of drug-likeness (QED) is 0.166. The van der Waals surface area contributed by atoms with E-state index in [1.54, 1.807) is 0 Å². The maximum Gasteiger partial charge on any atom is 0.145 e. The van der Waals surface area contributed by atoms with Gasteiger partial charge >= 0.3 is 0 Å². The van der Waals surface area contributed by atoms with Crippen LogP contribution in [0.25, 0.3) is 192 Å². The minimum Gasteiger partial charge on any atom is -0.455 e. The summed E-state index contributed by atoms with van der Waals surface area (Å²) >= 11 is 56.0. The molecule has 1 fully saturated rings. The number of benzene rings is 20. The first-order valence-electron chi connectivity index (χ1n) is 50.6. The van der Waals surface area contributed by atoms with Gasteiger partial charge in [-0.3, -0.25) is 0 Å². The van der Waals surface area contributed by atoms with Crippen molar-refractivity contribution in [3.05, 3.63) is 453 Å². The molecule has 6 aliphatic carbocycles. The lowest BCUT2D eigenvalue weighted by Crippen LogP contribution is -2.37. The van der Waals surface area contributed by atoms with E-state index in [0.29, 0.717) is 11.8 Å². The first kappa shape index (κ1) is 95.8. The SMILES string of the molecule is Brc1cc2c(c3ccccc13)-c1c(cc(Br)c3c1oc1ccccc13)C2(c1ccccc1)c1ccccc1.CC(C)C1(C(C)C)c2cc(Br)ccc2-c2c1cc(Br)c1c2sc2ccccc21.CCC1(CC)c2cc(Br)ccc2-c2c1cc(Br)c1sc3ccccc3c21.Clc1cc2c(c3ccccc13)-c1c(cc(Cl)c3c1oc1ccccc13)C21CCCC1.Clc1cc2c(c3ccccc13)-c1c(cc(Cl)c3c1sc1ccccc13)C2. The molecule has 20 aromatic carbocycles. The van der Waals surface area contributed by atoms with Crippen LogP contribution in [0.3, 0.4) is 0 Å². The summed E-state index contributed by atoms with van der Waals surface area (Å²) in [5, 5.41) is 22.6. The summed E-state index contributed by atoms with van der Waals surface area (Å²) in [4.78, 5) is 0. The number of rotatable bonds is 6. The summed E-state index contributed by atoms with van der Waals surface area (Å²) in [7, 11) is 0. The lowest BCUT2D eigenvalue weighted by atomic mass is 9.63. The van der Waals surface area contributed by atoms with Crippen LogP contribution in [0.1, 0.15) is 147 Å². The van der Waals surface area contributed by atoms with Gasteiger partial charge in [0.05, 0.1) is 20.2 Å². The average Bonchev–Trinajstić information content (AvgIpc) is 1.49. The molecule has 15 heteroatoms. The lowest BCUT2D eigenvalue weighted by Gasteiger charge is -2.40. The Morgan fingerprint density at radius 2 is 0.689 bits per heavy atom. The summed E-state index contributed by atoms with van der Waals surface area (Å²) in [6.45, 7) is 14.2. The van der Waals surface area contributed by atoms with Crippen molar-refractivity contribution in [2.75, 3.05) is 0 Å². The van der Waals surface area contributed by atoms with Crippen molar-refractivity contribution in [2.24, 2.45) is 11.8 Å². The molecule has 2 nitrogen and oxygen atoms in total. The van der Waals surface area contributed by atoms with Crippen molar-refractivity contribution >= 4 is 313 Å². The highest BCUT2D eigenvalue weighted by Crippen LogP contribution is 2.68. The third-order valence-corrected chi connectivity index (χ3v) is 42.0. The second-order valence-corrected chi connectivity index (χ2v) is 50.9. The average molecular weight is 2440 g/mol. The fraction of sp³-hybridized carbons (Fsp3) is 0.143. The highest BCUT2D eigenvalue weighted by Gasteiger charge is 2.53. The van der Waals surface area contributed by atoms with Gasteiger partial charge in [0.15, 0.2) is 0 Å². The highest BCUT2D eigenvalue weighted by molar-refractivity contribution is 9.11. The van der Waals surface area contributed by atoms with Crippen LogP contribution < -0.4 is 0 Å². The van der Waals surface area contributed by atoms with Gasteiger partial charge in [-0.1, -0.05) is 417 Å². The summed E-state index contributed by atoms with van der Waals surface area (Å²) < 4.78 is 28.2. The molecule has 0 aliphatic heterocycles. The van der Waals surface area contributed by atoms with E-state index in [0.717, 1.165) is 120 Å². The van der Waals surface area contributed by atoms with Gasteiger partial charge in [-0.25, -0.2) is 0 Å². The van der Waals surface area contributed by atoms with E-state index in [2.05, 4.69) is 447 Å². The monoisotopic (exact) mass is 2430 g/mol. The number of hydrogen-bond donors (Lipinski definition) is 0. The Hall–Kier alpha value is -10.5. The Morgan fingerprint density at radius 3 is 1.28 bits per heavy atom. The van der Waals surface area contributed by atoms with E-state index in [9.17, 15) is 0 Å². The van der Waals surface area contributed by atoms with Crippen LogP contribution in [0, 0.1) is 11.8 Å². The second kappa shape index (κ2) is 36.6. The maximum atomic E-state index is 6.93. The molecule has 0 bridgehead atoms. The van der Waals surface area contributed by atoms with Crippen molar-refractivity contribution < 1.29 is 8.83 Å². The molecule has 0 radical (unpaired) electrons. The van der Waals surface area contributed by atoms with E-state index in [1.807, 2.05) is 64.3 Å². The summed E-state index contributed by atoms with van der Waals surface area (Å²) in [5.74, 6) is 1.00. The van der Waals surface area contributed by atoms with Crippen LogP contribution in [0.15, 0.2) is 375 Å². The highest BCUT2D eigenvalue weighted by atomic mass is 79.9. The van der Waals surface area contributed by atoms with E-state index in [1.165, 1.54) is 231 Å². The van der Waals surface area contributed by atoms with Crippen LogP contribution in [0.5, 0.6) is 0 Å². The van der Waals surface area contributed by atoms with E-state index < -0.39 is 5.41 Å². The predicted octanol–water partition coefficient (Wildman–Crippen LogP) is 45.4. The van der Waals surface area contributed by atoms with Crippen molar-refractivity contribution in [3.63, 3.8) is 0 Å². The second-order valence-electron chi connectivity index (χ2n) is 40.9. The largest absolute Gasteiger partial charge is 0.455 e. The number of para-hydroxylation sites is 2. The fourth-order valence-electron chi connectivity index (χ4n) is 27.4. The zero-order valence-electron chi connectivity index (χ0n) is 81.3. The summed E-state index contributed by atoms with van der Waals surface area (Å²) in [5.41, 5.74) is 32.6. The number of thiophene rings is 3. The molecule has 31 rings (SSSR count). The van der Waals surface area contributed by atoms with Crippen molar-refractivity contribution in [2.45, 2.75) is 108 Å². The minimum atomic E-state index is -0.518. The molecule has 1 spiro atoms. The number of fused-ring (bicyclic) bond motifs is 43. The number of hydrogen-bond acceptors (Lipinski definition) is 5. The third kappa shape index (κ3) is 14.0. The molecule has 0 amide bonds. The minimum absolute atomic E-state index is 0.0152. The van der Waals surface area contributed by atoms with Crippen LogP contribution >= 0.6 is 176 Å². The van der Waals surface area contributed by atoms with Crippen LogP contribution in [-0.4, -0.2) is 0 Å². The molecular formula is C133H90Br6Cl4O2S3. The van der Waals surface area contributed by atoms with Gasteiger partial charge in [-0.15, -0.1) is 34.0 Å². The van der Waals surface area contributed by atoms with Gasteiger partial charge in [-0.2, -0.15) is 0 Å². The van der Waals surface area contributed by atoms with E-state index >= 15 is 0 Å². The van der Waals surface area contributed by atoms with Crippen molar-refractivity contribution in [1.29, 1.82) is 0 Å². The zero-order valence-corrected chi connectivity index (χ0v) is 96.2. The Balaban J connectivity index is 0.0000000920. The fourth-order valence-corrected chi connectivity index (χ4v) is 35.8. The van der Waals surface area contributed by atoms with Gasteiger partial charge in [0.25, 0.3) is 0 Å². The summed E-state index contributed by atoms with van der Waals surface area (Å²) in [6, 6.07) is 122. The lowest BCUT2D eigenvalue weighted by molar-refractivity contribution is 0.280. The van der Waals surface area contributed by atoms with Crippen LogP contribution in [-0.2, 0) is 28.1 Å². The number of furan rings is 2. The Morgan fingerprint density at radius 1 is 0.291 bits per heavy atom. The normalized spacial score (nSPS) is 14.6. The summed E-state index contributed by atoms with van der Waals surface area (Å²) in [6.07, 6.45) is 7.81. The van der Waals surface area contributed by atoms with Crippen molar-refractivity contribution in [1.82, 2.24) is 0 Å². The Labute approximate surface area is 940 Å². The molecule has 0 atom stereocenters. The molecule has 722 valence electrons. The first-order valence-corrected chi connectivity index (χ1v) is 59.4. The molecule has 148 heavy (non-hydrogen) atoms. The van der Waals surface area contributed by atoms with Gasteiger partial charge in [0.2, 0.25) is 0 Å². The first-order chi connectivity index (χ1) is 72.1. The molecular weight excluding hydrogens is 2350 g/mol. The molecule has 1 saturated carbocycles. The van der Waals surface area contributed by atoms with Crippen LogP contribution in [0.4, 0.5) is 0 Å². The molecule has 0 saturated heterocycles. The van der Waals surface area contributed by atoms with Gasteiger partial charge in [-0.05, 0) is 285 Å². The molecule has 6 aliphatic rings. The topological polar surface area (TPSA) is 26.3 Å². The number of halogens is 10. The van der Waals surface area contributed by atoms with Crippen molar-refractivity contribution in [3.8, 4) is 55.6 Å². The smallest absolute Gasteiger partial charge is 0.145 e. The molecule has 25 aromatic rings. The third-order valence-electron chi connectivity index (χ3n) is 33.4. The van der Waals surface area contributed by atoms with Gasteiger partial charge in [0.1, 0.15) is 22.3 Å². The Kier molecular flexibility index (Phi) is 23.7. The van der Waals surface area contributed by atoms with E-state index in [4.69, 9.17) is 55.2 Å². The predicted molar refractivity (Wildman–Crippen MR) is 657 cm³/mol. The zero-order chi connectivity index (χ0) is 101. The Bertz CT molecular complexity index is 9940. The van der Waals surface area contributed by atoms with E-state index in [-0.39, 0.29) is 16.2 Å². The molecule has 5 heterocycles. The van der Waals surface area contributed by atoms with Crippen LogP contribution in [0.2, 0.25) is 20.1 Å². The van der Waals surface area contributed by atoms with Gasteiger partial charge < -0.3 is 8.83 Å². The van der Waals surface area contributed by atoms with Gasteiger partial charge in [0, 0.05) is 164 Å². The molecule has 0 unspecified atom stereocenters.